The zero-order valence-electron chi connectivity index (χ0n) is 12.0. The fourth-order valence-electron chi connectivity index (χ4n) is 1.76. The zero-order chi connectivity index (χ0) is 16.1. The number of nitro benzene ring substituents is 1. The SMILES string of the molecule is COc1cc(/N=N/c2cccc([N+](=O)[O-])c2)c(OC)cc1N. The van der Waals surface area contributed by atoms with E-state index in [-0.39, 0.29) is 5.69 Å². The third-order valence-electron chi connectivity index (χ3n) is 2.84. The number of hydrogen-bond donors (Lipinski definition) is 1. The van der Waals surface area contributed by atoms with E-state index >= 15 is 0 Å². The first-order valence-electron chi connectivity index (χ1n) is 6.23. The molecule has 2 aromatic rings. The monoisotopic (exact) mass is 302 g/mol. The second kappa shape index (κ2) is 6.53. The van der Waals surface area contributed by atoms with E-state index in [0.717, 1.165) is 0 Å². The summed E-state index contributed by atoms with van der Waals surface area (Å²) in [5, 5.41) is 18.7. The van der Waals surface area contributed by atoms with E-state index < -0.39 is 4.92 Å². The van der Waals surface area contributed by atoms with Crippen LogP contribution in [0.3, 0.4) is 0 Å². The molecule has 0 radical (unpaired) electrons. The summed E-state index contributed by atoms with van der Waals surface area (Å²) in [6, 6.07) is 9.00. The summed E-state index contributed by atoms with van der Waals surface area (Å²) in [6.45, 7) is 0. The van der Waals surface area contributed by atoms with Crippen LogP contribution in [0.25, 0.3) is 0 Å². The number of non-ortho nitro benzene ring substituents is 1. The molecule has 22 heavy (non-hydrogen) atoms. The number of rotatable bonds is 5. The maximum atomic E-state index is 10.7. The fraction of sp³-hybridized carbons (Fsp3) is 0.143. The highest BCUT2D eigenvalue weighted by molar-refractivity contribution is 5.67. The Labute approximate surface area is 126 Å². The largest absolute Gasteiger partial charge is 0.495 e. The van der Waals surface area contributed by atoms with Crippen molar-refractivity contribution in [2.75, 3.05) is 20.0 Å². The summed E-state index contributed by atoms with van der Waals surface area (Å²) in [6.07, 6.45) is 0. The first-order valence-corrected chi connectivity index (χ1v) is 6.23. The van der Waals surface area contributed by atoms with Crippen molar-refractivity contribution in [2.45, 2.75) is 0 Å². The molecule has 0 amide bonds. The normalized spacial score (nSPS) is 10.6. The van der Waals surface area contributed by atoms with Gasteiger partial charge in [0, 0.05) is 24.3 Å². The summed E-state index contributed by atoms with van der Waals surface area (Å²) in [5.41, 5.74) is 6.89. The Hall–Kier alpha value is -3.16. The van der Waals surface area contributed by atoms with Gasteiger partial charge in [-0.05, 0) is 6.07 Å². The van der Waals surface area contributed by atoms with Gasteiger partial charge in [-0.3, -0.25) is 10.1 Å². The van der Waals surface area contributed by atoms with Gasteiger partial charge in [0.2, 0.25) is 0 Å². The van der Waals surface area contributed by atoms with Crippen LogP contribution >= 0.6 is 0 Å². The van der Waals surface area contributed by atoms with E-state index in [4.69, 9.17) is 15.2 Å². The Kier molecular flexibility index (Phi) is 4.52. The average molecular weight is 302 g/mol. The van der Waals surface area contributed by atoms with Crippen molar-refractivity contribution in [3.63, 3.8) is 0 Å². The predicted molar refractivity (Wildman–Crippen MR) is 81.2 cm³/mol. The molecule has 0 heterocycles. The lowest BCUT2D eigenvalue weighted by molar-refractivity contribution is -0.384. The number of ether oxygens (including phenoxy) is 2. The number of azo groups is 1. The molecule has 0 aliphatic heterocycles. The minimum Gasteiger partial charge on any atom is -0.495 e. The van der Waals surface area contributed by atoms with Gasteiger partial charge in [-0.15, -0.1) is 5.11 Å². The minimum absolute atomic E-state index is 0.0571. The van der Waals surface area contributed by atoms with E-state index in [9.17, 15) is 10.1 Å². The molecular formula is C14H14N4O4. The van der Waals surface area contributed by atoms with E-state index in [1.54, 1.807) is 18.2 Å². The van der Waals surface area contributed by atoms with Crippen molar-refractivity contribution in [2.24, 2.45) is 10.2 Å². The van der Waals surface area contributed by atoms with Gasteiger partial charge < -0.3 is 15.2 Å². The van der Waals surface area contributed by atoms with Crippen LogP contribution in [-0.4, -0.2) is 19.1 Å². The third-order valence-corrected chi connectivity index (χ3v) is 2.84. The number of nitrogens with two attached hydrogens (primary N) is 1. The van der Waals surface area contributed by atoms with Crippen molar-refractivity contribution in [3.8, 4) is 11.5 Å². The van der Waals surface area contributed by atoms with Crippen molar-refractivity contribution in [1.29, 1.82) is 0 Å². The van der Waals surface area contributed by atoms with E-state index in [2.05, 4.69) is 10.2 Å². The Morgan fingerprint density at radius 2 is 1.82 bits per heavy atom. The van der Waals surface area contributed by atoms with Crippen molar-refractivity contribution < 1.29 is 14.4 Å². The smallest absolute Gasteiger partial charge is 0.271 e. The summed E-state index contributed by atoms with van der Waals surface area (Å²) < 4.78 is 10.3. The molecule has 0 aliphatic carbocycles. The molecule has 114 valence electrons. The first-order chi connectivity index (χ1) is 10.5. The second-order valence-corrected chi connectivity index (χ2v) is 4.24. The molecule has 0 spiro atoms. The number of nitro groups is 1. The van der Waals surface area contributed by atoms with Gasteiger partial charge in [0.05, 0.1) is 30.5 Å². The summed E-state index contributed by atoms with van der Waals surface area (Å²) in [5.74, 6) is 0.862. The number of anilines is 1. The summed E-state index contributed by atoms with van der Waals surface area (Å²) in [7, 11) is 2.97. The Morgan fingerprint density at radius 3 is 2.45 bits per heavy atom. The van der Waals surface area contributed by atoms with Crippen molar-refractivity contribution in [1.82, 2.24) is 0 Å². The third kappa shape index (κ3) is 3.29. The Balaban J connectivity index is 2.37. The van der Waals surface area contributed by atoms with Crippen LogP contribution in [0.15, 0.2) is 46.6 Å². The van der Waals surface area contributed by atoms with Crippen LogP contribution in [0.5, 0.6) is 11.5 Å². The number of methoxy groups -OCH3 is 2. The maximum Gasteiger partial charge on any atom is 0.271 e. The van der Waals surface area contributed by atoms with Crippen LogP contribution in [0, 0.1) is 10.1 Å². The quantitative estimate of drug-likeness (QED) is 0.392. The topological polar surface area (TPSA) is 112 Å². The zero-order valence-corrected chi connectivity index (χ0v) is 12.0. The van der Waals surface area contributed by atoms with Gasteiger partial charge in [-0.1, -0.05) is 6.07 Å². The highest BCUT2D eigenvalue weighted by Gasteiger charge is 2.09. The van der Waals surface area contributed by atoms with Crippen molar-refractivity contribution >= 4 is 22.7 Å². The van der Waals surface area contributed by atoms with Gasteiger partial charge in [-0.2, -0.15) is 5.11 Å². The van der Waals surface area contributed by atoms with Crippen LogP contribution in [0.2, 0.25) is 0 Å². The molecule has 0 unspecified atom stereocenters. The van der Waals surface area contributed by atoms with Crippen LogP contribution < -0.4 is 15.2 Å². The fourth-order valence-corrected chi connectivity index (χ4v) is 1.76. The van der Waals surface area contributed by atoms with Crippen LogP contribution in [0.4, 0.5) is 22.7 Å². The molecule has 0 saturated heterocycles. The van der Waals surface area contributed by atoms with Gasteiger partial charge in [0.15, 0.2) is 0 Å². The lowest BCUT2D eigenvalue weighted by Gasteiger charge is -2.09. The highest BCUT2D eigenvalue weighted by atomic mass is 16.6. The Morgan fingerprint density at radius 1 is 1.09 bits per heavy atom. The molecule has 8 heteroatoms. The number of nitrogens with zero attached hydrogens (tertiary/aromatic N) is 3. The molecule has 0 aromatic heterocycles. The average Bonchev–Trinajstić information content (AvgIpc) is 2.53. The van der Waals surface area contributed by atoms with Gasteiger partial charge in [0.1, 0.15) is 17.2 Å². The first kappa shape index (κ1) is 15.2. The van der Waals surface area contributed by atoms with E-state index in [1.165, 1.54) is 32.4 Å². The van der Waals surface area contributed by atoms with Gasteiger partial charge >= 0.3 is 0 Å². The summed E-state index contributed by atoms with van der Waals surface area (Å²) >= 11 is 0. The van der Waals surface area contributed by atoms with Crippen LogP contribution in [-0.2, 0) is 0 Å². The lowest BCUT2D eigenvalue weighted by Crippen LogP contribution is -1.93. The molecule has 0 bridgehead atoms. The standard InChI is InChI=1S/C14H14N4O4/c1-21-13-8-12(14(22-2)7-11(13)15)17-16-9-4-3-5-10(6-9)18(19)20/h3-8H,15H2,1-2H3/b17-16+. The second-order valence-electron chi connectivity index (χ2n) is 4.24. The molecule has 0 aliphatic rings. The molecule has 0 atom stereocenters. The van der Waals surface area contributed by atoms with Crippen LogP contribution in [0.1, 0.15) is 0 Å². The molecular weight excluding hydrogens is 288 g/mol. The maximum absolute atomic E-state index is 10.7. The van der Waals surface area contributed by atoms with Gasteiger partial charge in [0.25, 0.3) is 5.69 Å². The van der Waals surface area contributed by atoms with E-state index in [1.807, 2.05) is 0 Å². The molecule has 0 saturated carbocycles. The minimum atomic E-state index is -0.494. The highest BCUT2D eigenvalue weighted by Crippen LogP contribution is 2.37. The number of hydrogen-bond acceptors (Lipinski definition) is 7. The molecule has 8 nitrogen and oxygen atoms in total. The molecule has 2 N–H and O–H groups in total. The lowest BCUT2D eigenvalue weighted by atomic mass is 10.2. The Bertz CT molecular complexity index is 731. The van der Waals surface area contributed by atoms with E-state index in [0.29, 0.717) is 28.6 Å². The molecule has 0 fully saturated rings. The van der Waals surface area contributed by atoms with Gasteiger partial charge in [-0.25, -0.2) is 0 Å². The number of nitrogen functional groups attached to an aromatic ring is 1. The van der Waals surface area contributed by atoms with Crippen molar-refractivity contribution in [3.05, 3.63) is 46.5 Å². The number of benzene rings is 2. The molecule has 2 aromatic carbocycles. The molecule has 2 rings (SSSR count). The summed E-state index contributed by atoms with van der Waals surface area (Å²) in [4.78, 5) is 10.2. The predicted octanol–water partition coefficient (Wildman–Crippen LogP) is 3.61.